The highest BCUT2D eigenvalue weighted by Gasteiger charge is 2.72. The maximum absolute atomic E-state index is 12.1. The summed E-state index contributed by atoms with van der Waals surface area (Å²) in [6, 6.07) is 0. The lowest BCUT2D eigenvalue weighted by Crippen LogP contribution is -2.38. The molecule has 3 heteroatoms. The van der Waals surface area contributed by atoms with E-state index in [0.717, 1.165) is 32.1 Å². The van der Waals surface area contributed by atoms with Crippen LogP contribution in [0.3, 0.4) is 0 Å². The first kappa shape index (κ1) is 11.9. The first-order valence-corrected chi connectivity index (χ1v) is 6.55. The number of ether oxygens (including phenoxy) is 2. The van der Waals surface area contributed by atoms with E-state index in [-0.39, 0.29) is 17.7 Å². The quantitative estimate of drug-likeness (QED) is 0.534. The van der Waals surface area contributed by atoms with Gasteiger partial charge in [-0.15, -0.1) is 0 Å². The van der Waals surface area contributed by atoms with Crippen molar-refractivity contribution in [1.82, 2.24) is 0 Å². The van der Waals surface area contributed by atoms with E-state index < -0.39 is 5.60 Å². The fourth-order valence-corrected chi connectivity index (χ4v) is 2.77. The van der Waals surface area contributed by atoms with Gasteiger partial charge in [0.25, 0.3) is 0 Å². The van der Waals surface area contributed by atoms with Crippen LogP contribution in [-0.4, -0.2) is 23.3 Å². The molecule has 0 bridgehead atoms. The summed E-state index contributed by atoms with van der Waals surface area (Å²) in [5.41, 5.74) is -0.880. The van der Waals surface area contributed by atoms with Gasteiger partial charge in [0.2, 0.25) is 0 Å². The maximum Gasteiger partial charge on any atom is 0.341 e. The third-order valence-electron chi connectivity index (χ3n) is 4.36. The Hall–Kier alpha value is -0.570. The van der Waals surface area contributed by atoms with E-state index in [2.05, 4.69) is 13.8 Å². The average molecular weight is 226 g/mol. The Labute approximate surface area is 97.5 Å². The molecule has 2 aliphatic rings. The molecule has 2 rings (SSSR count). The van der Waals surface area contributed by atoms with Crippen molar-refractivity contribution >= 4 is 5.97 Å². The molecule has 0 N–H and O–H groups in total. The van der Waals surface area contributed by atoms with Gasteiger partial charge in [-0.05, 0) is 38.5 Å². The van der Waals surface area contributed by atoms with Gasteiger partial charge in [-0.3, -0.25) is 0 Å². The van der Waals surface area contributed by atoms with Crippen LogP contribution in [0, 0.1) is 0 Å². The average Bonchev–Trinajstić information content (AvgIpc) is 2.94. The fourth-order valence-electron chi connectivity index (χ4n) is 2.77. The molecule has 0 amide bonds. The molecule has 0 aromatic carbocycles. The van der Waals surface area contributed by atoms with Crippen LogP contribution in [-0.2, 0) is 14.3 Å². The van der Waals surface area contributed by atoms with Gasteiger partial charge in [-0.1, -0.05) is 20.8 Å². The van der Waals surface area contributed by atoms with E-state index in [9.17, 15) is 4.79 Å². The smallest absolute Gasteiger partial charge is 0.341 e. The largest absolute Gasteiger partial charge is 0.460 e. The minimum Gasteiger partial charge on any atom is -0.460 e. The van der Waals surface area contributed by atoms with Crippen LogP contribution in [0.1, 0.15) is 59.3 Å². The van der Waals surface area contributed by atoms with Gasteiger partial charge < -0.3 is 9.47 Å². The molecule has 16 heavy (non-hydrogen) atoms. The summed E-state index contributed by atoms with van der Waals surface area (Å²) in [4.78, 5) is 12.1. The molecule has 0 spiro atoms. The molecular formula is C13H22O3. The highest BCUT2D eigenvalue weighted by atomic mass is 16.7. The lowest BCUT2D eigenvalue weighted by molar-refractivity contribution is -0.159. The number of rotatable bonds is 5. The molecule has 1 saturated heterocycles. The maximum atomic E-state index is 12.1. The van der Waals surface area contributed by atoms with Crippen molar-refractivity contribution in [2.45, 2.75) is 76.6 Å². The molecule has 1 aliphatic carbocycles. The number of carbonyl (C=O) groups is 1. The molecule has 1 atom stereocenters. The van der Waals surface area contributed by atoms with Crippen molar-refractivity contribution in [3.63, 3.8) is 0 Å². The van der Waals surface area contributed by atoms with E-state index >= 15 is 0 Å². The molecule has 0 aromatic rings. The van der Waals surface area contributed by atoms with Gasteiger partial charge in [0.15, 0.2) is 5.60 Å². The van der Waals surface area contributed by atoms with E-state index in [4.69, 9.17) is 9.47 Å². The predicted molar refractivity (Wildman–Crippen MR) is 61.2 cm³/mol. The Morgan fingerprint density at radius 1 is 1.25 bits per heavy atom. The Morgan fingerprint density at radius 2 is 1.88 bits per heavy atom. The second kappa shape index (κ2) is 4.02. The van der Waals surface area contributed by atoms with Gasteiger partial charge in [0.05, 0.1) is 0 Å². The van der Waals surface area contributed by atoms with Crippen LogP contribution in [0.2, 0.25) is 0 Å². The van der Waals surface area contributed by atoms with Crippen LogP contribution in [0.4, 0.5) is 0 Å². The molecule has 3 nitrogen and oxygen atoms in total. The lowest BCUT2D eigenvalue weighted by Gasteiger charge is -2.27. The molecule has 1 saturated carbocycles. The van der Waals surface area contributed by atoms with Gasteiger partial charge >= 0.3 is 5.97 Å². The third-order valence-corrected chi connectivity index (χ3v) is 4.36. The molecule has 0 radical (unpaired) electrons. The van der Waals surface area contributed by atoms with Crippen molar-refractivity contribution in [2.75, 3.05) is 0 Å². The number of carbonyl (C=O) groups excluding carboxylic acids is 1. The topological polar surface area (TPSA) is 38.8 Å². The predicted octanol–water partition coefficient (Wildman–Crippen LogP) is 2.82. The summed E-state index contributed by atoms with van der Waals surface area (Å²) in [7, 11) is 0. The Morgan fingerprint density at radius 3 is 2.19 bits per heavy atom. The van der Waals surface area contributed by atoms with Crippen molar-refractivity contribution < 1.29 is 14.3 Å². The van der Waals surface area contributed by atoms with Gasteiger partial charge in [-0.2, -0.15) is 0 Å². The SMILES string of the molecule is CCC1(CC)OC1(CC)C(=O)OC1CCC1. The molecule has 2 fully saturated rings. The van der Waals surface area contributed by atoms with Gasteiger partial charge in [0, 0.05) is 0 Å². The van der Waals surface area contributed by atoms with Gasteiger partial charge in [0.1, 0.15) is 11.7 Å². The van der Waals surface area contributed by atoms with Crippen LogP contribution in [0.15, 0.2) is 0 Å². The summed E-state index contributed by atoms with van der Waals surface area (Å²) < 4.78 is 11.3. The number of epoxide rings is 1. The monoisotopic (exact) mass is 226 g/mol. The van der Waals surface area contributed by atoms with E-state index in [1.54, 1.807) is 0 Å². The Bertz CT molecular complexity index is 279. The minimum atomic E-state index is -0.633. The highest BCUT2D eigenvalue weighted by molar-refractivity contribution is 5.85. The summed E-state index contributed by atoms with van der Waals surface area (Å²) in [6.07, 6.45) is 5.89. The van der Waals surface area contributed by atoms with Crippen molar-refractivity contribution in [3.8, 4) is 0 Å². The zero-order valence-corrected chi connectivity index (χ0v) is 10.5. The highest BCUT2D eigenvalue weighted by Crippen LogP contribution is 2.56. The van der Waals surface area contributed by atoms with Crippen LogP contribution in [0.5, 0.6) is 0 Å². The normalized spacial score (nSPS) is 31.9. The van der Waals surface area contributed by atoms with Crippen molar-refractivity contribution in [1.29, 1.82) is 0 Å². The molecule has 1 aliphatic heterocycles. The second-order valence-corrected chi connectivity index (χ2v) is 4.94. The van der Waals surface area contributed by atoms with Gasteiger partial charge in [-0.25, -0.2) is 4.79 Å². The number of hydrogen-bond acceptors (Lipinski definition) is 3. The zero-order valence-electron chi connectivity index (χ0n) is 10.5. The van der Waals surface area contributed by atoms with E-state index in [1.165, 1.54) is 6.42 Å². The number of esters is 1. The molecule has 92 valence electrons. The van der Waals surface area contributed by atoms with Crippen molar-refractivity contribution in [3.05, 3.63) is 0 Å². The summed E-state index contributed by atoms with van der Waals surface area (Å²) in [6.45, 7) is 6.17. The lowest BCUT2D eigenvalue weighted by atomic mass is 9.85. The molecule has 1 unspecified atom stereocenters. The third kappa shape index (κ3) is 1.48. The minimum absolute atomic E-state index is 0.122. The fraction of sp³-hybridized carbons (Fsp3) is 0.923. The standard InChI is InChI=1S/C13H22O3/c1-4-12(5-2)13(6-3,16-12)11(14)15-10-8-7-9-10/h10H,4-9H2,1-3H3. The van der Waals surface area contributed by atoms with E-state index in [0.29, 0.717) is 0 Å². The zero-order chi connectivity index (χ0) is 11.8. The van der Waals surface area contributed by atoms with Crippen LogP contribution < -0.4 is 0 Å². The second-order valence-electron chi connectivity index (χ2n) is 4.94. The van der Waals surface area contributed by atoms with Crippen LogP contribution >= 0.6 is 0 Å². The molecule has 1 heterocycles. The number of hydrogen-bond donors (Lipinski definition) is 0. The van der Waals surface area contributed by atoms with E-state index in [1.807, 2.05) is 6.92 Å². The first-order chi connectivity index (χ1) is 7.64. The summed E-state index contributed by atoms with van der Waals surface area (Å²) in [5.74, 6) is -0.122. The first-order valence-electron chi connectivity index (χ1n) is 6.55. The summed E-state index contributed by atoms with van der Waals surface area (Å²) in [5, 5.41) is 0. The summed E-state index contributed by atoms with van der Waals surface area (Å²) >= 11 is 0. The Kier molecular flexibility index (Phi) is 2.99. The van der Waals surface area contributed by atoms with Crippen molar-refractivity contribution in [2.24, 2.45) is 0 Å². The Balaban J connectivity index is 2.02. The molecule has 0 aromatic heterocycles. The molecular weight excluding hydrogens is 204 g/mol. The van der Waals surface area contributed by atoms with Crippen LogP contribution in [0.25, 0.3) is 0 Å².